The van der Waals surface area contributed by atoms with Gasteiger partial charge in [0.15, 0.2) is 18.1 Å². The molecule has 0 fully saturated rings. The second kappa shape index (κ2) is 7.57. The second-order valence-electron chi connectivity index (χ2n) is 5.21. The van der Waals surface area contributed by atoms with Crippen molar-refractivity contribution in [1.29, 1.82) is 0 Å². The van der Waals surface area contributed by atoms with Gasteiger partial charge in [-0.05, 0) is 30.3 Å². The molecule has 0 spiro atoms. The first-order valence-electron chi connectivity index (χ1n) is 7.66. The summed E-state index contributed by atoms with van der Waals surface area (Å²) in [6.45, 7) is 0.561. The van der Waals surface area contributed by atoms with E-state index in [1.807, 2.05) is 0 Å². The summed E-state index contributed by atoms with van der Waals surface area (Å²) in [5.41, 5.74) is 0.846. The van der Waals surface area contributed by atoms with Crippen LogP contribution >= 0.6 is 0 Å². The Morgan fingerprint density at radius 2 is 1.88 bits per heavy atom. The standard InChI is InChI=1S/C18H17NO6/c1-22-14-4-2-3-12(9-14)18(21)25-11-17(20)19-13-5-6-15-16(10-13)24-8-7-23-15/h2-6,9-10H,7-8,11H2,1H3,(H,19,20). The number of carbonyl (C=O) groups excluding carboxylic acids is 2. The normalized spacial score (nSPS) is 12.2. The predicted octanol–water partition coefficient (Wildman–Crippen LogP) is 2.26. The summed E-state index contributed by atoms with van der Waals surface area (Å²) in [6.07, 6.45) is 0. The molecule has 7 nitrogen and oxygen atoms in total. The van der Waals surface area contributed by atoms with Crippen molar-refractivity contribution in [3.05, 3.63) is 48.0 Å². The maximum absolute atomic E-state index is 12.0. The first-order chi connectivity index (χ1) is 12.2. The quantitative estimate of drug-likeness (QED) is 0.839. The lowest BCUT2D eigenvalue weighted by molar-refractivity contribution is -0.119. The Bertz CT molecular complexity index is 789. The first kappa shape index (κ1) is 16.6. The molecule has 2 aromatic carbocycles. The van der Waals surface area contributed by atoms with E-state index in [2.05, 4.69) is 5.32 Å². The summed E-state index contributed by atoms with van der Waals surface area (Å²) in [6, 6.07) is 11.6. The third-order valence-corrected chi connectivity index (χ3v) is 3.47. The lowest BCUT2D eigenvalue weighted by Gasteiger charge is -2.19. The number of ether oxygens (including phenoxy) is 4. The molecule has 3 rings (SSSR count). The van der Waals surface area contributed by atoms with Gasteiger partial charge in [-0.25, -0.2) is 4.79 Å². The summed E-state index contributed by atoms with van der Waals surface area (Å²) in [5, 5.41) is 2.65. The van der Waals surface area contributed by atoms with E-state index in [0.29, 0.717) is 41.7 Å². The van der Waals surface area contributed by atoms with Gasteiger partial charge >= 0.3 is 5.97 Å². The van der Waals surface area contributed by atoms with Crippen LogP contribution in [0.5, 0.6) is 17.2 Å². The molecule has 1 N–H and O–H groups in total. The van der Waals surface area contributed by atoms with Crippen molar-refractivity contribution in [3.63, 3.8) is 0 Å². The van der Waals surface area contributed by atoms with Crippen molar-refractivity contribution in [1.82, 2.24) is 0 Å². The van der Waals surface area contributed by atoms with Crippen molar-refractivity contribution in [2.24, 2.45) is 0 Å². The number of fused-ring (bicyclic) bond motifs is 1. The van der Waals surface area contributed by atoms with Gasteiger partial charge in [-0.15, -0.1) is 0 Å². The molecule has 2 aromatic rings. The van der Waals surface area contributed by atoms with Gasteiger partial charge in [0.1, 0.15) is 19.0 Å². The molecular weight excluding hydrogens is 326 g/mol. The van der Waals surface area contributed by atoms with E-state index in [1.54, 1.807) is 42.5 Å². The summed E-state index contributed by atoms with van der Waals surface area (Å²) < 4.78 is 20.9. The molecule has 0 saturated carbocycles. The van der Waals surface area contributed by atoms with Gasteiger partial charge in [0.2, 0.25) is 0 Å². The fourth-order valence-electron chi connectivity index (χ4n) is 2.28. The van der Waals surface area contributed by atoms with Crippen LogP contribution in [-0.2, 0) is 9.53 Å². The third kappa shape index (κ3) is 4.20. The van der Waals surface area contributed by atoms with Gasteiger partial charge in [-0.3, -0.25) is 4.79 Å². The van der Waals surface area contributed by atoms with E-state index in [4.69, 9.17) is 18.9 Å². The van der Waals surface area contributed by atoms with E-state index < -0.39 is 18.5 Å². The van der Waals surface area contributed by atoms with Crippen LogP contribution in [0, 0.1) is 0 Å². The topological polar surface area (TPSA) is 83.1 Å². The Morgan fingerprint density at radius 1 is 1.08 bits per heavy atom. The van der Waals surface area contributed by atoms with Crippen LogP contribution in [0.1, 0.15) is 10.4 Å². The van der Waals surface area contributed by atoms with E-state index in [0.717, 1.165) is 0 Å². The highest BCUT2D eigenvalue weighted by Crippen LogP contribution is 2.32. The van der Waals surface area contributed by atoms with Crippen LogP contribution in [0.15, 0.2) is 42.5 Å². The highest BCUT2D eigenvalue weighted by atomic mass is 16.6. The molecule has 130 valence electrons. The van der Waals surface area contributed by atoms with E-state index in [-0.39, 0.29) is 0 Å². The number of benzene rings is 2. The zero-order valence-electron chi connectivity index (χ0n) is 13.6. The van der Waals surface area contributed by atoms with E-state index in [1.165, 1.54) is 7.11 Å². The first-order valence-corrected chi connectivity index (χ1v) is 7.66. The third-order valence-electron chi connectivity index (χ3n) is 3.47. The molecule has 7 heteroatoms. The number of hydrogen-bond donors (Lipinski definition) is 1. The maximum atomic E-state index is 12.0. The summed E-state index contributed by atoms with van der Waals surface area (Å²) in [7, 11) is 1.51. The Balaban J connectivity index is 1.55. The Labute approximate surface area is 144 Å². The van der Waals surface area contributed by atoms with Crippen molar-refractivity contribution in [2.45, 2.75) is 0 Å². The monoisotopic (exact) mass is 343 g/mol. The molecule has 0 aromatic heterocycles. The maximum Gasteiger partial charge on any atom is 0.338 e. The number of anilines is 1. The van der Waals surface area contributed by atoms with Crippen molar-refractivity contribution in [2.75, 3.05) is 32.2 Å². The van der Waals surface area contributed by atoms with Crippen LogP contribution in [-0.4, -0.2) is 38.8 Å². The average molecular weight is 343 g/mol. The number of esters is 1. The van der Waals surface area contributed by atoms with Crippen molar-refractivity contribution in [3.8, 4) is 17.2 Å². The SMILES string of the molecule is COc1cccc(C(=O)OCC(=O)Nc2ccc3c(c2)OCCO3)c1. The molecule has 0 bridgehead atoms. The molecule has 0 aliphatic carbocycles. The zero-order chi connectivity index (χ0) is 17.6. The summed E-state index contributed by atoms with van der Waals surface area (Å²) >= 11 is 0. The van der Waals surface area contributed by atoms with Gasteiger partial charge in [-0.2, -0.15) is 0 Å². The lowest BCUT2D eigenvalue weighted by atomic mass is 10.2. The Morgan fingerprint density at radius 3 is 2.68 bits per heavy atom. The second-order valence-corrected chi connectivity index (χ2v) is 5.21. The number of rotatable bonds is 5. The minimum Gasteiger partial charge on any atom is -0.497 e. The fourth-order valence-corrected chi connectivity index (χ4v) is 2.28. The smallest absolute Gasteiger partial charge is 0.338 e. The van der Waals surface area contributed by atoms with Crippen LogP contribution in [0.3, 0.4) is 0 Å². The largest absolute Gasteiger partial charge is 0.497 e. The molecule has 1 aliphatic heterocycles. The van der Waals surface area contributed by atoms with Gasteiger partial charge in [-0.1, -0.05) is 6.07 Å². The van der Waals surface area contributed by atoms with Gasteiger partial charge in [0, 0.05) is 11.8 Å². The minimum atomic E-state index is -0.601. The molecular formula is C18H17NO6. The molecule has 0 radical (unpaired) electrons. The average Bonchev–Trinajstić information content (AvgIpc) is 2.66. The van der Waals surface area contributed by atoms with Crippen LogP contribution < -0.4 is 19.5 Å². The number of amides is 1. The molecule has 0 saturated heterocycles. The highest BCUT2D eigenvalue weighted by molar-refractivity contribution is 5.95. The van der Waals surface area contributed by atoms with Crippen LogP contribution in [0.4, 0.5) is 5.69 Å². The number of methoxy groups -OCH3 is 1. The van der Waals surface area contributed by atoms with E-state index >= 15 is 0 Å². The number of carbonyl (C=O) groups is 2. The van der Waals surface area contributed by atoms with Crippen molar-refractivity contribution < 1.29 is 28.5 Å². The molecule has 1 aliphatic rings. The summed E-state index contributed by atoms with van der Waals surface area (Å²) in [5.74, 6) is 0.686. The van der Waals surface area contributed by atoms with Crippen LogP contribution in [0.2, 0.25) is 0 Å². The van der Waals surface area contributed by atoms with Gasteiger partial charge < -0.3 is 24.3 Å². The van der Waals surface area contributed by atoms with Crippen molar-refractivity contribution >= 4 is 17.6 Å². The fraction of sp³-hybridized carbons (Fsp3) is 0.222. The minimum absolute atomic E-state index is 0.312. The van der Waals surface area contributed by atoms with Gasteiger partial charge in [0.25, 0.3) is 5.91 Å². The molecule has 0 unspecified atom stereocenters. The van der Waals surface area contributed by atoms with E-state index in [9.17, 15) is 9.59 Å². The Kier molecular flexibility index (Phi) is 5.03. The highest BCUT2D eigenvalue weighted by Gasteiger charge is 2.14. The van der Waals surface area contributed by atoms with Crippen LogP contribution in [0.25, 0.3) is 0 Å². The molecule has 25 heavy (non-hydrogen) atoms. The lowest BCUT2D eigenvalue weighted by Crippen LogP contribution is -2.21. The number of hydrogen-bond acceptors (Lipinski definition) is 6. The number of nitrogens with one attached hydrogen (secondary N) is 1. The molecule has 1 heterocycles. The van der Waals surface area contributed by atoms with Gasteiger partial charge in [0.05, 0.1) is 12.7 Å². The molecule has 0 atom stereocenters. The summed E-state index contributed by atoms with van der Waals surface area (Å²) in [4.78, 5) is 23.9. The zero-order valence-corrected chi connectivity index (χ0v) is 13.6. The predicted molar refractivity (Wildman–Crippen MR) is 89.3 cm³/mol. The molecule has 1 amide bonds. The Hall–Kier alpha value is -3.22.